The van der Waals surface area contributed by atoms with Gasteiger partial charge in [-0.3, -0.25) is 9.78 Å². The number of rotatable bonds is 8. The molecule has 6 heteroatoms. The summed E-state index contributed by atoms with van der Waals surface area (Å²) in [4.78, 5) is 16.6. The maximum absolute atomic E-state index is 10.9. The third-order valence-corrected chi connectivity index (χ3v) is 6.63. The maximum Gasteiger partial charge on any atom is 0.150 e. The average molecular weight is 467 g/mol. The summed E-state index contributed by atoms with van der Waals surface area (Å²) in [6.07, 6.45) is 2.66. The van der Waals surface area contributed by atoms with Gasteiger partial charge in [0.1, 0.15) is 24.4 Å². The Hall–Kier alpha value is -4.16. The van der Waals surface area contributed by atoms with Crippen molar-refractivity contribution in [2.24, 2.45) is 0 Å². The van der Waals surface area contributed by atoms with E-state index in [2.05, 4.69) is 16.4 Å². The smallest absolute Gasteiger partial charge is 0.150 e. The van der Waals surface area contributed by atoms with Crippen LogP contribution in [0.1, 0.15) is 15.9 Å². The lowest BCUT2D eigenvalue weighted by Gasteiger charge is -2.11. The number of anilines is 2. The Bertz CT molecular complexity index is 1430. The van der Waals surface area contributed by atoms with Crippen molar-refractivity contribution in [3.05, 3.63) is 102 Å². The number of aromatic nitrogens is 1. The first-order chi connectivity index (χ1) is 16.7. The van der Waals surface area contributed by atoms with Crippen LogP contribution >= 0.6 is 11.3 Å². The molecule has 0 aliphatic carbocycles. The summed E-state index contributed by atoms with van der Waals surface area (Å²) in [5.41, 5.74) is 5.65. The molecule has 0 aliphatic heterocycles. The van der Waals surface area contributed by atoms with Crippen LogP contribution < -0.4 is 14.8 Å². The summed E-state index contributed by atoms with van der Waals surface area (Å²) in [5.74, 6) is 1.61. The number of carbonyl (C=O) groups is 1. The highest BCUT2D eigenvalue weighted by Crippen LogP contribution is 2.37. The molecule has 2 aromatic heterocycles. The van der Waals surface area contributed by atoms with Crippen LogP contribution in [0, 0.1) is 0 Å². The molecule has 0 amide bonds. The van der Waals surface area contributed by atoms with Crippen LogP contribution in [0.3, 0.4) is 0 Å². The van der Waals surface area contributed by atoms with Crippen molar-refractivity contribution in [3.63, 3.8) is 0 Å². The van der Waals surface area contributed by atoms with Crippen molar-refractivity contribution < 1.29 is 14.3 Å². The molecule has 0 spiro atoms. The van der Waals surface area contributed by atoms with Crippen LogP contribution in [-0.4, -0.2) is 18.4 Å². The summed E-state index contributed by atoms with van der Waals surface area (Å²) in [7, 11) is 1.66. The minimum Gasteiger partial charge on any atom is -0.497 e. The zero-order chi connectivity index (χ0) is 23.3. The van der Waals surface area contributed by atoms with Crippen molar-refractivity contribution in [1.82, 2.24) is 4.98 Å². The summed E-state index contributed by atoms with van der Waals surface area (Å²) >= 11 is 1.67. The van der Waals surface area contributed by atoms with E-state index in [-0.39, 0.29) is 0 Å². The van der Waals surface area contributed by atoms with E-state index < -0.39 is 0 Å². The van der Waals surface area contributed by atoms with Gasteiger partial charge in [0.05, 0.1) is 23.0 Å². The Balaban J connectivity index is 1.34. The van der Waals surface area contributed by atoms with Crippen molar-refractivity contribution in [2.75, 3.05) is 12.4 Å². The van der Waals surface area contributed by atoms with Crippen LogP contribution in [0.25, 0.3) is 20.7 Å². The van der Waals surface area contributed by atoms with Gasteiger partial charge in [-0.2, -0.15) is 0 Å². The normalized spacial score (nSPS) is 10.7. The monoisotopic (exact) mass is 466 g/mol. The minimum atomic E-state index is 0.476. The molecular weight excluding hydrogens is 444 g/mol. The van der Waals surface area contributed by atoms with Crippen molar-refractivity contribution >= 4 is 39.2 Å². The summed E-state index contributed by atoms with van der Waals surface area (Å²) in [5, 5.41) is 3.51. The molecule has 168 valence electrons. The number of pyridine rings is 1. The minimum absolute atomic E-state index is 0.476. The fraction of sp³-hybridized carbons (Fsp3) is 0.0714. The van der Waals surface area contributed by atoms with E-state index in [1.165, 1.54) is 0 Å². The summed E-state index contributed by atoms with van der Waals surface area (Å²) < 4.78 is 12.3. The van der Waals surface area contributed by atoms with E-state index in [1.807, 2.05) is 78.9 Å². The third kappa shape index (κ3) is 4.77. The summed E-state index contributed by atoms with van der Waals surface area (Å²) in [6, 6.07) is 27.4. The predicted octanol–water partition coefficient (Wildman–Crippen LogP) is 7.11. The fourth-order valence-corrected chi connectivity index (χ4v) is 4.70. The molecular formula is C28H22N2O3S. The average Bonchev–Trinajstić information content (AvgIpc) is 3.34. The Morgan fingerprint density at radius 1 is 0.941 bits per heavy atom. The molecule has 0 radical (unpaired) electrons. The number of fused-ring (bicyclic) bond motifs is 1. The molecule has 0 saturated carbocycles. The number of nitrogens with zero attached hydrogens (tertiary/aromatic N) is 1. The highest BCUT2D eigenvalue weighted by atomic mass is 32.1. The number of carbonyl (C=O) groups excluding carboxylic acids is 1. The van der Waals surface area contributed by atoms with E-state index in [4.69, 9.17) is 9.47 Å². The molecule has 0 bridgehead atoms. The molecule has 2 heterocycles. The van der Waals surface area contributed by atoms with Crippen LogP contribution in [-0.2, 0) is 6.61 Å². The molecule has 5 rings (SSSR count). The second-order valence-corrected chi connectivity index (χ2v) is 8.77. The molecule has 0 fully saturated rings. The number of ether oxygens (including phenoxy) is 2. The lowest BCUT2D eigenvalue weighted by molar-refractivity contribution is 0.112. The zero-order valence-electron chi connectivity index (χ0n) is 18.5. The SMILES string of the molecule is COc1ccc(COc2cccc(Nc3ccnc4cc(-c5ccc(C=O)cc5)sc34)c2)cc1. The van der Waals surface area contributed by atoms with Gasteiger partial charge < -0.3 is 14.8 Å². The Kier molecular flexibility index (Phi) is 6.23. The lowest BCUT2D eigenvalue weighted by atomic mass is 10.1. The van der Waals surface area contributed by atoms with Crippen LogP contribution in [0.15, 0.2) is 91.1 Å². The number of nitrogens with one attached hydrogen (secondary N) is 1. The molecule has 0 aliphatic rings. The van der Waals surface area contributed by atoms with Gasteiger partial charge in [0.25, 0.3) is 0 Å². The van der Waals surface area contributed by atoms with E-state index in [0.29, 0.717) is 12.2 Å². The van der Waals surface area contributed by atoms with Crippen molar-refractivity contribution in [2.45, 2.75) is 6.61 Å². The first-order valence-corrected chi connectivity index (χ1v) is 11.6. The van der Waals surface area contributed by atoms with Crippen molar-refractivity contribution in [1.29, 1.82) is 0 Å². The maximum atomic E-state index is 10.9. The largest absolute Gasteiger partial charge is 0.497 e. The van der Waals surface area contributed by atoms with E-state index in [9.17, 15) is 4.79 Å². The second kappa shape index (κ2) is 9.77. The van der Waals surface area contributed by atoms with E-state index >= 15 is 0 Å². The molecule has 3 aromatic carbocycles. The quantitative estimate of drug-likeness (QED) is 0.247. The third-order valence-electron chi connectivity index (χ3n) is 5.42. The van der Waals surface area contributed by atoms with Gasteiger partial charge in [0.15, 0.2) is 0 Å². The molecule has 5 aromatic rings. The van der Waals surface area contributed by atoms with Crippen LogP contribution in [0.4, 0.5) is 11.4 Å². The number of hydrogen-bond donors (Lipinski definition) is 1. The van der Waals surface area contributed by atoms with Crippen LogP contribution in [0.5, 0.6) is 11.5 Å². The highest BCUT2D eigenvalue weighted by Gasteiger charge is 2.10. The Labute approximate surface area is 201 Å². The topological polar surface area (TPSA) is 60.5 Å². The van der Waals surface area contributed by atoms with Crippen molar-refractivity contribution in [3.8, 4) is 21.9 Å². The predicted molar refractivity (Wildman–Crippen MR) is 137 cm³/mol. The number of thiophene rings is 1. The number of methoxy groups -OCH3 is 1. The first kappa shape index (κ1) is 21.7. The molecule has 0 atom stereocenters. The van der Waals surface area contributed by atoms with Gasteiger partial charge in [-0.05, 0) is 47.5 Å². The van der Waals surface area contributed by atoms with Gasteiger partial charge >= 0.3 is 0 Å². The second-order valence-electron chi connectivity index (χ2n) is 7.71. The Morgan fingerprint density at radius 3 is 2.53 bits per heavy atom. The highest BCUT2D eigenvalue weighted by molar-refractivity contribution is 7.22. The molecule has 34 heavy (non-hydrogen) atoms. The number of aldehydes is 1. The van der Waals surface area contributed by atoms with E-state index in [1.54, 1.807) is 24.6 Å². The number of benzene rings is 3. The van der Waals surface area contributed by atoms with E-state index in [0.717, 1.165) is 55.4 Å². The Morgan fingerprint density at radius 2 is 1.76 bits per heavy atom. The molecule has 1 N–H and O–H groups in total. The van der Waals surface area contributed by atoms with Gasteiger partial charge in [-0.15, -0.1) is 11.3 Å². The number of hydrogen-bond acceptors (Lipinski definition) is 6. The molecule has 0 unspecified atom stereocenters. The lowest BCUT2D eigenvalue weighted by Crippen LogP contribution is -1.97. The molecule has 0 saturated heterocycles. The summed E-state index contributed by atoms with van der Waals surface area (Å²) in [6.45, 7) is 0.476. The first-order valence-electron chi connectivity index (χ1n) is 10.8. The van der Waals surface area contributed by atoms with Gasteiger partial charge in [0, 0.05) is 28.4 Å². The fourth-order valence-electron chi connectivity index (χ4n) is 3.61. The zero-order valence-corrected chi connectivity index (χ0v) is 19.3. The van der Waals surface area contributed by atoms with Gasteiger partial charge in [0.2, 0.25) is 0 Å². The van der Waals surface area contributed by atoms with Gasteiger partial charge in [-0.25, -0.2) is 0 Å². The van der Waals surface area contributed by atoms with Gasteiger partial charge in [-0.1, -0.05) is 42.5 Å². The van der Waals surface area contributed by atoms with Crippen LogP contribution in [0.2, 0.25) is 0 Å². The molecule has 5 nitrogen and oxygen atoms in total. The standard InChI is InChI=1S/C28H22N2O3S/c1-32-23-11-7-20(8-12-23)18-33-24-4-2-3-22(15-24)30-25-13-14-29-26-16-27(34-28(25)26)21-9-5-19(17-31)6-10-21/h2-17H,18H2,1H3,(H,29,30).